The van der Waals surface area contributed by atoms with Gasteiger partial charge in [-0.3, -0.25) is 4.98 Å². The third-order valence-corrected chi connectivity index (χ3v) is 4.99. The predicted molar refractivity (Wildman–Crippen MR) is 112 cm³/mol. The van der Waals surface area contributed by atoms with E-state index in [2.05, 4.69) is 40.0 Å². The van der Waals surface area contributed by atoms with Gasteiger partial charge in [0.25, 0.3) is 0 Å². The normalized spacial score (nSPS) is 14.3. The molecule has 1 fully saturated rings. The Labute approximate surface area is 167 Å². The van der Waals surface area contributed by atoms with E-state index in [9.17, 15) is 0 Å². The Balaban J connectivity index is 1.34. The smallest absolute Gasteiger partial charge is 0.229 e. The van der Waals surface area contributed by atoms with Crippen molar-refractivity contribution in [2.75, 3.05) is 41.3 Å². The van der Waals surface area contributed by atoms with E-state index in [0.29, 0.717) is 18.1 Å². The van der Waals surface area contributed by atoms with Crippen LogP contribution in [0.25, 0.3) is 11.2 Å². The van der Waals surface area contributed by atoms with Gasteiger partial charge in [0.1, 0.15) is 11.3 Å². The van der Waals surface area contributed by atoms with Crippen molar-refractivity contribution >= 4 is 28.7 Å². The number of imidazole rings is 1. The van der Waals surface area contributed by atoms with Crippen LogP contribution < -0.4 is 15.1 Å². The number of pyridine rings is 2. The number of rotatable bonds is 5. The van der Waals surface area contributed by atoms with Crippen molar-refractivity contribution in [2.24, 2.45) is 0 Å². The maximum absolute atomic E-state index is 4.79. The van der Waals surface area contributed by atoms with Crippen molar-refractivity contribution in [1.82, 2.24) is 29.9 Å². The number of piperazine rings is 1. The first-order valence-electron chi connectivity index (χ1n) is 9.62. The number of fused-ring (bicyclic) bond motifs is 1. The molecule has 1 aliphatic heterocycles. The second-order valence-corrected chi connectivity index (χ2v) is 6.85. The van der Waals surface area contributed by atoms with Crippen molar-refractivity contribution in [3.63, 3.8) is 0 Å². The third kappa shape index (κ3) is 3.66. The van der Waals surface area contributed by atoms with Gasteiger partial charge in [0.05, 0.1) is 6.33 Å². The van der Waals surface area contributed by atoms with E-state index in [1.807, 2.05) is 42.7 Å². The van der Waals surface area contributed by atoms with Crippen molar-refractivity contribution in [2.45, 2.75) is 6.54 Å². The summed E-state index contributed by atoms with van der Waals surface area (Å²) in [5.74, 6) is 2.45. The number of nitrogens with one attached hydrogen (secondary N) is 2. The maximum atomic E-state index is 4.79. The largest absolute Gasteiger partial charge is 0.364 e. The number of H-pyrrole nitrogens is 1. The molecular formula is C20H21N9. The monoisotopic (exact) mass is 387 g/mol. The fourth-order valence-corrected chi connectivity index (χ4v) is 3.46. The predicted octanol–water partition coefficient (Wildman–Crippen LogP) is 2.08. The lowest BCUT2D eigenvalue weighted by molar-refractivity contribution is 0.636. The van der Waals surface area contributed by atoms with Gasteiger partial charge >= 0.3 is 0 Å². The molecule has 1 aliphatic rings. The Morgan fingerprint density at radius 1 is 0.931 bits per heavy atom. The molecule has 9 nitrogen and oxygen atoms in total. The van der Waals surface area contributed by atoms with Crippen LogP contribution in [0.1, 0.15) is 5.56 Å². The highest BCUT2D eigenvalue weighted by molar-refractivity contribution is 5.83. The first-order valence-corrected chi connectivity index (χ1v) is 9.62. The number of hydrogen-bond acceptors (Lipinski definition) is 8. The lowest BCUT2D eigenvalue weighted by Gasteiger charge is -2.35. The van der Waals surface area contributed by atoms with Gasteiger partial charge in [0.2, 0.25) is 5.95 Å². The number of aromatic amines is 1. The van der Waals surface area contributed by atoms with E-state index in [4.69, 9.17) is 4.98 Å². The van der Waals surface area contributed by atoms with Crippen molar-refractivity contribution in [3.8, 4) is 0 Å². The molecule has 0 atom stereocenters. The molecule has 0 amide bonds. The molecule has 0 spiro atoms. The minimum atomic E-state index is 0.631. The van der Waals surface area contributed by atoms with Gasteiger partial charge in [-0.05, 0) is 23.8 Å². The van der Waals surface area contributed by atoms with Crippen LogP contribution in [0.3, 0.4) is 0 Å². The van der Waals surface area contributed by atoms with E-state index >= 15 is 0 Å². The zero-order valence-corrected chi connectivity index (χ0v) is 15.9. The molecule has 0 aliphatic carbocycles. The number of hydrogen-bond donors (Lipinski definition) is 2. The third-order valence-electron chi connectivity index (χ3n) is 4.99. The van der Waals surface area contributed by atoms with E-state index in [1.165, 1.54) is 0 Å². The van der Waals surface area contributed by atoms with Gasteiger partial charge in [0, 0.05) is 51.3 Å². The molecule has 0 aromatic carbocycles. The number of nitrogens with zero attached hydrogens (tertiary/aromatic N) is 7. The topological polar surface area (TPSA) is 98.8 Å². The van der Waals surface area contributed by atoms with Crippen LogP contribution in [0.15, 0.2) is 55.2 Å². The second kappa shape index (κ2) is 7.70. The van der Waals surface area contributed by atoms with Crippen molar-refractivity contribution < 1.29 is 0 Å². The Morgan fingerprint density at radius 2 is 1.83 bits per heavy atom. The van der Waals surface area contributed by atoms with Crippen LogP contribution in [0.4, 0.5) is 17.6 Å². The Morgan fingerprint density at radius 3 is 2.62 bits per heavy atom. The lowest BCUT2D eigenvalue weighted by Crippen LogP contribution is -2.47. The van der Waals surface area contributed by atoms with Crippen LogP contribution in [0, 0.1) is 0 Å². The standard InChI is InChI=1S/C20H21N9/c1-2-7-22-16(5-1)28-8-10-29(11-9-28)20-26-18(17-19(27-20)25-14-24-17)23-13-15-4-3-6-21-12-15/h1-7,12,14H,8-11,13H2,(H2,23,24,25,26,27). The van der Waals surface area contributed by atoms with Crippen molar-refractivity contribution in [1.29, 1.82) is 0 Å². The van der Waals surface area contributed by atoms with Crippen LogP contribution in [-0.4, -0.2) is 56.1 Å². The molecule has 9 heteroatoms. The van der Waals surface area contributed by atoms with Crippen LogP contribution in [0.2, 0.25) is 0 Å². The summed E-state index contributed by atoms with van der Waals surface area (Å²) in [5, 5.41) is 3.39. The fraction of sp³-hybridized carbons (Fsp3) is 0.250. The zero-order chi connectivity index (χ0) is 19.5. The average molecular weight is 387 g/mol. The molecular weight excluding hydrogens is 366 g/mol. The molecule has 4 aromatic heterocycles. The van der Waals surface area contributed by atoms with E-state index < -0.39 is 0 Å². The first-order chi connectivity index (χ1) is 14.4. The van der Waals surface area contributed by atoms with E-state index in [1.54, 1.807) is 12.5 Å². The van der Waals surface area contributed by atoms with Crippen LogP contribution in [0.5, 0.6) is 0 Å². The van der Waals surface area contributed by atoms with Gasteiger partial charge in [-0.1, -0.05) is 12.1 Å². The summed E-state index contributed by atoms with van der Waals surface area (Å²) in [4.78, 5) is 30.0. The highest BCUT2D eigenvalue weighted by Gasteiger charge is 2.21. The van der Waals surface area contributed by atoms with Crippen molar-refractivity contribution in [3.05, 3.63) is 60.8 Å². The van der Waals surface area contributed by atoms with Gasteiger partial charge in [0.15, 0.2) is 11.5 Å². The molecule has 0 unspecified atom stereocenters. The second-order valence-electron chi connectivity index (χ2n) is 6.85. The van der Waals surface area contributed by atoms with Gasteiger partial charge in [-0.25, -0.2) is 9.97 Å². The summed E-state index contributed by atoms with van der Waals surface area (Å²) >= 11 is 0. The molecule has 146 valence electrons. The quantitative estimate of drug-likeness (QED) is 0.537. The Bertz CT molecular complexity index is 1070. The Hall–Kier alpha value is -3.75. The molecule has 2 N–H and O–H groups in total. The highest BCUT2D eigenvalue weighted by atomic mass is 15.3. The first kappa shape index (κ1) is 17.4. The maximum Gasteiger partial charge on any atom is 0.229 e. The van der Waals surface area contributed by atoms with Gasteiger partial charge < -0.3 is 20.1 Å². The minimum Gasteiger partial charge on any atom is -0.364 e. The molecule has 29 heavy (non-hydrogen) atoms. The van der Waals surface area contributed by atoms with E-state index in [-0.39, 0.29) is 0 Å². The summed E-state index contributed by atoms with van der Waals surface area (Å²) in [5.41, 5.74) is 2.56. The summed E-state index contributed by atoms with van der Waals surface area (Å²) in [6, 6.07) is 9.96. The average Bonchev–Trinajstić information content (AvgIpc) is 3.28. The summed E-state index contributed by atoms with van der Waals surface area (Å²) in [6.45, 7) is 4.03. The fourth-order valence-electron chi connectivity index (χ4n) is 3.46. The van der Waals surface area contributed by atoms with E-state index in [0.717, 1.165) is 48.9 Å². The zero-order valence-electron chi connectivity index (χ0n) is 15.9. The molecule has 4 aromatic rings. The number of anilines is 3. The lowest BCUT2D eigenvalue weighted by atomic mass is 10.3. The summed E-state index contributed by atoms with van der Waals surface area (Å²) in [6.07, 6.45) is 7.09. The van der Waals surface area contributed by atoms with Crippen LogP contribution >= 0.6 is 0 Å². The van der Waals surface area contributed by atoms with Gasteiger partial charge in [-0.15, -0.1) is 0 Å². The molecule has 1 saturated heterocycles. The minimum absolute atomic E-state index is 0.631. The van der Waals surface area contributed by atoms with Crippen LogP contribution in [-0.2, 0) is 6.54 Å². The molecule has 5 heterocycles. The molecule has 0 bridgehead atoms. The summed E-state index contributed by atoms with van der Waals surface area (Å²) in [7, 11) is 0. The molecule has 5 rings (SSSR count). The Kier molecular flexibility index (Phi) is 4.61. The molecule has 0 saturated carbocycles. The number of aromatic nitrogens is 6. The summed E-state index contributed by atoms with van der Waals surface area (Å²) < 4.78 is 0. The SMILES string of the molecule is c1ccc(N2CCN(c3nc(NCc4cccnc4)c4[nH]cnc4n3)CC2)nc1. The van der Waals surface area contributed by atoms with Gasteiger partial charge in [-0.2, -0.15) is 9.97 Å². The highest BCUT2D eigenvalue weighted by Crippen LogP contribution is 2.23. The molecule has 0 radical (unpaired) electrons.